The monoisotopic (exact) mass is 322 g/mol. The Morgan fingerprint density at radius 1 is 1.55 bits per heavy atom. The maximum atomic E-state index is 12.5. The maximum Gasteiger partial charge on any atom is 0.270 e. The first-order valence-corrected chi connectivity index (χ1v) is 7.89. The number of amides is 1. The zero-order valence-electron chi connectivity index (χ0n) is 12.7. The number of nitrogens with zero attached hydrogens (tertiary/aromatic N) is 3. The van der Waals surface area contributed by atoms with Crippen LogP contribution in [0.15, 0.2) is 16.8 Å². The molecule has 0 spiro atoms. The third-order valence-corrected chi connectivity index (χ3v) is 4.12. The number of H-pyrrole nitrogens is 1. The van der Waals surface area contributed by atoms with Crippen LogP contribution in [-0.2, 0) is 0 Å². The van der Waals surface area contributed by atoms with Gasteiger partial charge in [-0.3, -0.25) is 4.79 Å². The molecule has 2 aromatic heterocycles. The lowest BCUT2D eigenvalue weighted by Gasteiger charge is -2.30. The number of rotatable bonds is 3. The number of piperidine rings is 1. The number of nitrogens with one attached hydrogen (secondary N) is 1. The molecule has 1 N–H and O–H groups in total. The molecule has 0 radical (unpaired) electrons. The van der Waals surface area contributed by atoms with Crippen molar-refractivity contribution in [1.82, 2.24) is 20.0 Å². The van der Waals surface area contributed by atoms with Crippen molar-refractivity contribution >= 4 is 17.5 Å². The van der Waals surface area contributed by atoms with Crippen molar-refractivity contribution in [2.45, 2.75) is 38.5 Å². The van der Waals surface area contributed by atoms with Crippen LogP contribution in [0.5, 0.6) is 0 Å². The summed E-state index contributed by atoms with van der Waals surface area (Å²) in [5, 5.41) is 4.62. The predicted molar refractivity (Wildman–Crippen MR) is 82.1 cm³/mol. The van der Waals surface area contributed by atoms with Gasteiger partial charge in [-0.1, -0.05) is 30.6 Å². The van der Waals surface area contributed by atoms with Crippen LogP contribution in [0.25, 0.3) is 0 Å². The first-order chi connectivity index (χ1) is 10.5. The summed E-state index contributed by atoms with van der Waals surface area (Å²) in [7, 11) is 0. The molecule has 1 fully saturated rings. The van der Waals surface area contributed by atoms with Crippen LogP contribution < -0.4 is 0 Å². The minimum Gasteiger partial charge on any atom is -0.356 e. The Balaban J connectivity index is 1.72. The van der Waals surface area contributed by atoms with Crippen LogP contribution in [0.2, 0.25) is 5.02 Å². The van der Waals surface area contributed by atoms with Gasteiger partial charge in [-0.15, -0.1) is 0 Å². The van der Waals surface area contributed by atoms with Crippen LogP contribution >= 0.6 is 11.6 Å². The topological polar surface area (TPSA) is 75.0 Å². The number of carbonyl (C=O) groups is 1. The molecule has 0 aliphatic carbocycles. The predicted octanol–water partition coefficient (Wildman–Crippen LogP) is 3.19. The third-order valence-electron chi connectivity index (χ3n) is 3.90. The zero-order chi connectivity index (χ0) is 15.7. The standard InChI is InChI=1S/C15H19ClN4O2/c1-9(2)14-18-13(19-22-14)10-4-3-5-20(8-10)15(21)12-6-11(16)7-17-12/h6-7,9-10,17H,3-5,8H2,1-2H3. The van der Waals surface area contributed by atoms with Gasteiger partial charge in [0.05, 0.1) is 5.02 Å². The quantitative estimate of drug-likeness (QED) is 0.941. The van der Waals surface area contributed by atoms with Crippen LogP contribution in [0.1, 0.15) is 60.7 Å². The lowest BCUT2D eigenvalue weighted by molar-refractivity contribution is 0.0698. The second kappa shape index (κ2) is 6.12. The van der Waals surface area contributed by atoms with Gasteiger partial charge in [-0.25, -0.2) is 0 Å². The molecule has 6 nitrogen and oxygen atoms in total. The molecule has 1 aliphatic heterocycles. The number of likely N-dealkylation sites (tertiary alicyclic amines) is 1. The van der Waals surface area contributed by atoms with E-state index in [-0.39, 0.29) is 17.7 Å². The first-order valence-electron chi connectivity index (χ1n) is 7.51. The fraction of sp³-hybridized carbons (Fsp3) is 0.533. The molecule has 0 aromatic carbocycles. The van der Waals surface area contributed by atoms with Crippen LogP contribution in [0.4, 0.5) is 0 Å². The highest BCUT2D eigenvalue weighted by Gasteiger charge is 2.29. The van der Waals surface area contributed by atoms with Gasteiger partial charge >= 0.3 is 0 Å². The fourth-order valence-corrected chi connectivity index (χ4v) is 2.85. The average molecular weight is 323 g/mol. The lowest BCUT2D eigenvalue weighted by Crippen LogP contribution is -2.39. The summed E-state index contributed by atoms with van der Waals surface area (Å²) in [6, 6.07) is 1.65. The third kappa shape index (κ3) is 3.02. The summed E-state index contributed by atoms with van der Waals surface area (Å²) in [6.45, 7) is 5.37. The molecule has 1 unspecified atom stereocenters. The molecular formula is C15H19ClN4O2. The van der Waals surface area contributed by atoms with Crippen LogP contribution in [0.3, 0.4) is 0 Å². The van der Waals surface area contributed by atoms with E-state index in [0.29, 0.717) is 29.0 Å². The van der Waals surface area contributed by atoms with Gasteiger partial charge in [0.2, 0.25) is 5.89 Å². The van der Waals surface area contributed by atoms with E-state index in [9.17, 15) is 4.79 Å². The van der Waals surface area contributed by atoms with E-state index in [2.05, 4.69) is 15.1 Å². The molecule has 2 aromatic rings. The van der Waals surface area contributed by atoms with Gasteiger partial charge in [0.1, 0.15) is 5.69 Å². The van der Waals surface area contributed by atoms with E-state index in [1.54, 1.807) is 12.3 Å². The highest BCUT2D eigenvalue weighted by molar-refractivity contribution is 6.30. The van der Waals surface area contributed by atoms with E-state index < -0.39 is 0 Å². The lowest BCUT2D eigenvalue weighted by atomic mass is 9.97. The van der Waals surface area contributed by atoms with Gasteiger partial charge in [0.25, 0.3) is 5.91 Å². The van der Waals surface area contributed by atoms with Crippen molar-refractivity contribution in [3.8, 4) is 0 Å². The Bertz CT molecular complexity index is 664. The molecule has 0 saturated carbocycles. The zero-order valence-corrected chi connectivity index (χ0v) is 13.4. The van der Waals surface area contributed by atoms with Crippen molar-refractivity contribution in [2.75, 3.05) is 13.1 Å². The van der Waals surface area contributed by atoms with Crippen molar-refractivity contribution in [3.05, 3.63) is 34.7 Å². The minimum absolute atomic E-state index is 0.0378. The second-order valence-corrected chi connectivity index (χ2v) is 6.40. The second-order valence-electron chi connectivity index (χ2n) is 5.97. The van der Waals surface area contributed by atoms with E-state index in [0.717, 1.165) is 19.4 Å². The molecule has 118 valence electrons. The SMILES string of the molecule is CC(C)c1nc(C2CCCN(C(=O)c3cc(Cl)c[nH]3)C2)no1. The molecule has 3 heterocycles. The first kappa shape index (κ1) is 15.1. The average Bonchev–Trinajstić information content (AvgIpc) is 3.15. The molecule has 22 heavy (non-hydrogen) atoms. The van der Waals surface area contributed by atoms with Gasteiger partial charge in [-0.05, 0) is 18.9 Å². The summed E-state index contributed by atoms with van der Waals surface area (Å²) in [5.41, 5.74) is 0.515. The number of carbonyl (C=O) groups excluding carboxylic acids is 1. The molecule has 7 heteroatoms. The summed E-state index contributed by atoms with van der Waals surface area (Å²) in [4.78, 5) is 21.7. The molecule has 3 rings (SSSR count). The number of hydrogen-bond acceptors (Lipinski definition) is 4. The largest absolute Gasteiger partial charge is 0.356 e. The van der Waals surface area contributed by atoms with Crippen molar-refractivity contribution in [2.24, 2.45) is 0 Å². The Hall–Kier alpha value is -1.82. The summed E-state index contributed by atoms with van der Waals surface area (Å²) < 4.78 is 5.27. The fourth-order valence-electron chi connectivity index (χ4n) is 2.68. The van der Waals surface area contributed by atoms with Crippen molar-refractivity contribution in [3.63, 3.8) is 0 Å². The Kier molecular flexibility index (Phi) is 4.20. The van der Waals surface area contributed by atoms with Gasteiger partial charge in [0, 0.05) is 31.1 Å². The van der Waals surface area contributed by atoms with Gasteiger partial charge in [-0.2, -0.15) is 4.98 Å². The summed E-state index contributed by atoms with van der Waals surface area (Å²) in [5.74, 6) is 1.65. The molecule has 1 atom stereocenters. The Morgan fingerprint density at radius 3 is 3.00 bits per heavy atom. The molecule has 0 bridgehead atoms. The van der Waals surface area contributed by atoms with E-state index in [1.165, 1.54) is 0 Å². The number of aromatic nitrogens is 3. The molecule has 1 amide bonds. The molecule has 1 aliphatic rings. The van der Waals surface area contributed by atoms with E-state index in [4.69, 9.17) is 16.1 Å². The van der Waals surface area contributed by atoms with E-state index >= 15 is 0 Å². The highest BCUT2D eigenvalue weighted by Crippen LogP contribution is 2.27. The maximum absolute atomic E-state index is 12.5. The van der Waals surface area contributed by atoms with Gasteiger partial charge in [0.15, 0.2) is 5.82 Å². The van der Waals surface area contributed by atoms with Crippen molar-refractivity contribution in [1.29, 1.82) is 0 Å². The number of hydrogen-bond donors (Lipinski definition) is 1. The smallest absolute Gasteiger partial charge is 0.270 e. The van der Waals surface area contributed by atoms with Crippen LogP contribution in [0, 0.1) is 0 Å². The van der Waals surface area contributed by atoms with Crippen molar-refractivity contribution < 1.29 is 9.32 Å². The Morgan fingerprint density at radius 2 is 2.36 bits per heavy atom. The Labute approximate surface area is 133 Å². The number of aromatic amines is 1. The highest BCUT2D eigenvalue weighted by atomic mass is 35.5. The van der Waals surface area contributed by atoms with E-state index in [1.807, 2.05) is 18.7 Å². The summed E-state index contributed by atoms with van der Waals surface area (Å²) >= 11 is 5.87. The minimum atomic E-state index is -0.0378. The molecule has 1 saturated heterocycles. The molecular weight excluding hydrogens is 304 g/mol. The normalized spacial score (nSPS) is 18.9. The summed E-state index contributed by atoms with van der Waals surface area (Å²) in [6.07, 6.45) is 3.51. The number of halogens is 1. The van der Waals surface area contributed by atoms with Gasteiger partial charge < -0.3 is 14.4 Å². The van der Waals surface area contributed by atoms with Crippen LogP contribution in [-0.4, -0.2) is 39.0 Å².